The molecule has 3 rings (SSSR count). The summed E-state index contributed by atoms with van der Waals surface area (Å²) in [4.78, 5) is 0. The van der Waals surface area contributed by atoms with Crippen molar-refractivity contribution in [3.05, 3.63) is 29.3 Å². The number of phenols is 1. The second kappa shape index (κ2) is 3.77. The van der Waals surface area contributed by atoms with Crippen LogP contribution in [0, 0.1) is 5.92 Å². The Bertz CT molecular complexity index is 402. The monoisotopic (exact) mass is 217 g/mol. The first kappa shape index (κ1) is 10.2. The SMILES string of the molecule is CCC1CC1NC1CCc2cc(O)ccc21. The second-order valence-electron chi connectivity index (χ2n) is 5.15. The number of phenolic OH excluding ortho intramolecular Hbond substituents is 1. The molecule has 0 aromatic heterocycles. The third-order valence-electron chi connectivity index (χ3n) is 4.07. The molecule has 2 aliphatic rings. The molecule has 0 amide bonds. The van der Waals surface area contributed by atoms with E-state index in [9.17, 15) is 5.11 Å². The molecule has 1 fully saturated rings. The number of fused-ring (bicyclic) bond motifs is 1. The molecule has 1 aromatic carbocycles. The van der Waals surface area contributed by atoms with Gasteiger partial charge in [0.1, 0.15) is 5.75 Å². The molecule has 0 aliphatic heterocycles. The van der Waals surface area contributed by atoms with Crippen LogP contribution < -0.4 is 5.32 Å². The van der Waals surface area contributed by atoms with Gasteiger partial charge in [0.25, 0.3) is 0 Å². The van der Waals surface area contributed by atoms with Crippen molar-refractivity contribution < 1.29 is 5.11 Å². The average Bonchev–Trinajstić information content (AvgIpc) is 2.92. The van der Waals surface area contributed by atoms with Crippen molar-refractivity contribution in [3.8, 4) is 5.75 Å². The molecule has 3 unspecified atom stereocenters. The van der Waals surface area contributed by atoms with E-state index in [0.717, 1.165) is 18.4 Å². The summed E-state index contributed by atoms with van der Waals surface area (Å²) >= 11 is 0. The van der Waals surface area contributed by atoms with Crippen LogP contribution in [0.5, 0.6) is 5.75 Å². The second-order valence-corrected chi connectivity index (χ2v) is 5.15. The molecule has 2 heteroatoms. The first-order chi connectivity index (χ1) is 7.78. The maximum atomic E-state index is 9.44. The third-order valence-corrected chi connectivity index (χ3v) is 4.07. The largest absolute Gasteiger partial charge is 0.508 e. The van der Waals surface area contributed by atoms with Crippen LogP contribution in [0.15, 0.2) is 18.2 Å². The van der Waals surface area contributed by atoms with Crippen LogP contribution in [-0.2, 0) is 6.42 Å². The maximum absolute atomic E-state index is 9.44. The molecule has 0 bridgehead atoms. The van der Waals surface area contributed by atoms with Crippen LogP contribution >= 0.6 is 0 Å². The van der Waals surface area contributed by atoms with Gasteiger partial charge in [-0.15, -0.1) is 0 Å². The molecule has 2 aliphatic carbocycles. The smallest absolute Gasteiger partial charge is 0.115 e. The lowest BCUT2D eigenvalue weighted by Gasteiger charge is -2.13. The number of hydrogen-bond donors (Lipinski definition) is 2. The van der Waals surface area contributed by atoms with Crippen LogP contribution in [0.1, 0.15) is 43.4 Å². The fourth-order valence-electron chi connectivity index (χ4n) is 2.94. The number of hydrogen-bond acceptors (Lipinski definition) is 2. The van der Waals surface area contributed by atoms with Crippen molar-refractivity contribution in [1.82, 2.24) is 5.32 Å². The van der Waals surface area contributed by atoms with Crippen LogP contribution in [0.4, 0.5) is 0 Å². The highest BCUT2D eigenvalue weighted by Crippen LogP contribution is 2.39. The molecule has 3 atom stereocenters. The van der Waals surface area contributed by atoms with E-state index in [1.165, 1.54) is 30.4 Å². The van der Waals surface area contributed by atoms with E-state index in [-0.39, 0.29) is 0 Å². The number of rotatable bonds is 3. The molecule has 0 heterocycles. The molecule has 2 nitrogen and oxygen atoms in total. The van der Waals surface area contributed by atoms with Crippen molar-refractivity contribution in [1.29, 1.82) is 0 Å². The Hall–Kier alpha value is -1.02. The van der Waals surface area contributed by atoms with E-state index in [1.54, 1.807) is 0 Å². The number of benzene rings is 1. The van der Waals surface area contributed by atoms with Gasteiger partial charge in [0.2, 0.25) is 0 Å². The minimum absolute atomic E-state index is 0.400. The summed E-state index contributed by atoms with van der Waals surface area (Å²) in [6, 6.07) is 7.08. The number of aryl methyl sites for hydroxylation is 1. The van der Waals surface area contributed by atoms with Crippen LogP contribution in [0.2, 0.25) is 0 Å². The van der Waals surface area contributed by atoms with Gasteiger partial charge in [-0.2, -0.15) is 0 Å². The summed E-state index contributed by atoms with van der Waals surface area (Å²) in [6.45, 7) is 2.27. The molecule has 0 spiro atoms. The summed E-state index contributed by atoms with van der Waals surface area (Å²) in [7, 11) is 0. The lowest BCUT2D eigenvalue weighted by molar-refractivity contribution is 0.474. The Kier molecular flexibility index (Phi) is 2.40. The summed E-state index contributed by atoms with van der Waals surface area (Å²) < 4.78 is 0. The Labute approximate surface area is 96.7 Å². The van der Waals surface area contributed by atoms with Gasteiger partial charge in [-0.25, -0.2) is 0 Å². The van der Waals surface area contributed by atoms with Gasteiger partial charge in [-0.05, 0) is 48.4 Å². The van der Waals surface area contributed by atoms with Gasteiger partial charge in [-0.3, -0.25) is 0 Å². The Morgan fingerprint density at radius 1 is 1.44 bits per heavy atom. The van der Waals surface area contributed by atoms with E-state index < -0.39 is 0 Å². The highest BCUT2D eigenvalue weighted by atomic mass is 16.3. The van der Waals surface area contributed by atoms with Gasteiger partial charge >= 0.3 is 0 Å². The van der Waals surface area contributed by atoms with E-state index in [0.29, 0.717) is 11.8 Å². The van der Waals surface area contributed by atoms with Crippen molar-refractivity contribution in [2.24, 2.45) is 5.92 Å². The summed E-state index contributed by atoms with van der Waals surface area (Å²) in [5.74, 6) is 1.30. The zero-order valence-corrected chi connectivity index (χ0v) is 9.74. The topological polar surface area (TPSA) is 32.3 Å². The standard InChI is InChI=1S/C14H19NO/c1-2-9-8-14(9)15-13-6-3-10-7-11(16)4-5-12(10)13/h4-5,7,9,13-16H,2-3,6,8H2,1H3. The van der Waals surface area contributed by atoms with Gasteiger partial charge in [0, 0.05) is 12.1 Å². The summed E-state index contributed by atoms with van der Waals surface area (Å²) in [6.07, 6.45) is 4.93. The maximum Gasteiger partial charge on any atom is 0.115 e. The Morgan fingerprint density at radius 2 is 2.31 bits per heavy atom. The van der Waals surface area contributed by atoms with Gasteiger partial charge in [0.05, 0.1) is 0 Å². The van der Waals surface area contributed by atoms with Crippen LogP contribution in [0.3, 0.4) is 0 Å². The molecule has 0 saturated heterocycles. The fraction of sp³-hybridized carbons (Fsp3) is 0.571. The zero-order valence-electron chi connectivity index (χ0n) is 9.74. The predicted octanol–water partition coefficient (Wildman–Crippen LogP) is 2.77. The Morgan fingerprint density at radius 3 is 3.06 bits per heavy atom. The zero-order chi connectivity index (χ0) is 11.1. The van der Waals surface area contributed by atoms with E-state index in [4.69, 9.17) is 0 Å². The van der Waals surface area contributed by atoms with E-state index in [2.05, 4.69) is 18.3 Å². The molecule has 1 aromatic rings. The summed E-state index contributed by atoms with van der Waals surface area (Å²) in [5, 5.41) is 13.2. The molecule has 86 valence electrons. The highest BCUT2D eigenvalue weighted by Gasteiger charge is 2.37. The van der Waals surface area contributed by atoms with Gasteiger partial charge in [0.15, 0.2) is 0 Å². The van der Waals surface area contributed by atoms with Crippen LogP contribution in [-0.4, -0.2) is 11.1 Å². The molecule has 0 radical (unpaired) electrons. The minimum Gasteiger partial charge on any atom is -0.508 e. The molecular weight excluding hydrogens is 198 g/mol. The molecule has 16 heavy (non-hydrogen) atoms. The first-order valence-corrected chi connectivity index (χ1v) is 6.35. The lowest BCUT2D eigenvalue weighted by atomic mass is 10.1. The quantitative estimate of drug-likeness (QED) is 0.816. The third kappa shape index (κ3) is 1.71. The molecule has 2 N–H and O–H groups in total. The van der Waals surface area contributed by atoms with Crippen molar-refractivity contribution in [3.63, 3.8) is 0 Å². The molecule has 1 saturated carbocycles. The van der Waals surface area contributed by atoms with Crippen molar-refractivity contribution in [2.75, 3.05) is 0 Å². The minimum atomic E-state index is 0.400. The molecular formula is C14H19NO. The average molecular weight is 217 g/mol. The number of nitrogens with one attached hydrogen (secondary N) is 1. The van der Waals surface area contributed by atoms with Gasteiger partial charge < -0.3 is 10.4 Å². The number of aromatic hydroxyl groups is 1. The predicted molar refractivity (Wildman–Crippen MR) is 64.5 cm³/mol. The van der Waals surface area contributed by atoms with Crippen LogP contribution in [0.25, 0.3) is 0 Å². The van der Waals surface area contributed by atoms with Crippen molar-refractivity contribution in [2.45, 2.75) is 44.7 Å². The normalized spacial score (nSPS) is 31.4. The van der Waals surface area contributed by atoms with E-state index in [1.807, 2.05) is 12.1 Å². The van der Waals surface area contributed by atoms with Crippen molar-refractivity contribution >= 4 is 0 Å². The first-order valence-electron chi connectivity index (χ1n) is 6.35. The van der Waals surface area contributed by atoms with E-state index >= 15 is 0 Å². The Balaban J connectivity index is 1.72. The summed E-state index contributed by atoms with van der Waals surface area (Å²) in [5.41, 5.74) is 2.73. The lowest BCUT2D eigenvalue weighted by Crippen LogP contribution is -2.22. The fourth-order valence-corrected chi connectivity index (χ4v) is 2.94. The highest BCUT2D eigenvalue weighted by molar-refractivity contribution is 5.40. The van der Waals surface area contributed by atoms with Gasteiger partial charge in [-0.1, -0.05) is 19.4 Å².